The summed E-state index contributed by atoms with van der Waals surface area (Å²) in [6.45, 7) is 0. The SMILES string of the molecule is O=C1c2c(ccc(Cl)c2Cl)-n2c1nc1ccc(F)c(Cl)c1c2=O. The molecule has 0 spiro atoms. The maximum absolute atomic E-state index is 13.7. The number of halogens is 4. The van der Waals surface area contributed by atoms with E-state index >= 15 is 0 Å². The largest absolute Gasteiger partial charge is 0.285 e. The third-order valence-corrected chi connectivity index (χ3v) is 4.85. The van der Waals surface area contributed by atoms with Gasteiger partial charge in [0, 0.05) is 0 Å². The molecule has 8 heteroatoms. The molecule has 0 N–H and O–H groups in total. The summed E-state index contributed by atoms with van der Waals surface area (Å²) in [5, 5.41) is -0.202. The number of hydrogen-bond acceptors (Lipinski definition) is 3. The molecule has 0 aliphatic carbocycles. The van der Waals surface area contributed by atoms with Gasteiger partial charge >= 0.3 is 0 Å². The third kappa shape index (κ3) is 1.81. The van der Waals surface area contributed by atoms with E-state index in [9.17, 15) is 14.0 Å². The smallest absolute Gasteiger partial charge is 0.267 e. The molecule has 0 amide bonds. The Balaban J connectivity index is 2.22. The summed E-state index contributed by atoms with van der Waals surface area (Å²) in [5.74, 6) is -1.37. The summed E-state index contributed by atoms with van der Waals surface area (Å²) in [4.78, 5) is 29.4. The molecule has 3 aromatic rings. The molecular formula is C15H4Cl3FN2O2. The van der Waals surface area contributed by atoms with Gasteiger partial charge in [0.15, 0.2) is 5.82 Å². The molecule has 2 heterocycles. The molecule has 0 saturated carbocycles. The fourth-order valence-electron chi connectivity index (χ4n) is 2.64. The fourth-order valence-corrected chi connectivity index (χ4v) is 3.28. The Kier molecular flexibility index (Phi) is 3.04. The van der Waals surface area contributed by atoms with E-state index in [2.05, 4.69) is 4.98 Å². The van der Waals surface area contributed by atoms with E-state index in [1.165, 1.54) is 18.2 Å². The van der Waals surface area contributed by atoms with E-state index in [0.29, 0.717) is 0 Å². The first-order valence-corrected chi connectivity index (χ1v) is 7.49. The van der Waals surface area contributed by atoms with Crippen LogP contribution in [0.25, 0.3) is 16.6 Å². The van der Waals surface area contributed by atoms with Gasteiger partial charge in [0.1, 0.15) is 5.82 Å². The van der Waals surface area contributed by atoms with Crippen LogP contribution >= 0.6 is 34.8 Å². The summed E-state index contributed by atoms with van der Waals surface area (Å²) in [7, 11) is 0. The molecule has 23 heavy (non-hydrogen) atoms. The average Bonchev–Trinajstić information content (AvgIpc) is 2.81. The number of rotatable bonds is 0. The van der Waals surface area contributed by atoms with Gasteiger partial charge in [-0.05, 0) is 24.3 Å². The van der Waals surface area contributed by atoms with Crippen molar-refractivity contribution in [2.24, 2.45) is 0 Å². The van der Waals surface area contributed by atoms with Crippen molar-refractivity contribution in [1.29, 1.82) is 0 Å². The van der Waals surface area contributed by atoms with Crippen LogP contribution in [0, 0.1) is 5.82 Å². The van der Waals surface area contributed by atoms with Crippen molar-refractivity contribution in [3.05, 3.63) is 66.9 Å². The average molecular weight is 370 g/mol. The molecule has 0 saturated heterocycles. The van der Waals surface area contributed by atoms with Crippen LogP contribution in [0.2, 0.25) is 15.1 Å². The lowest BCUT2D eigenvalue weighted by Crippen LogP contribution is -2.22. The Labute approximate surface area is 143 Å². The summed E-state index contributed by atoms with van der Waals surface area (Å²) in [6.07, 6.45) is 0. The second kappa shape index (κ2) is 4.77. The number of hydrogen-bond donors (Lipinski definition) is 0. The third-order valence-electron chi connectivity index (χ3n) is 3.67. The summed E-state index contributed by atoms with van der Waals surface area (Å²) in [5.41, 5.74) is -0.161. The molecule has 1 aliphatic rings. The zero-order valence-corrected chi connectivity index (χ0v) is 13.3. The molecule has 1 aromatic heterocycles. The highest BCUT2D eigenvalue weighted by Gasteiger charge is 2.33. The van der Waals surface area contributed by atoms with Crippen molar-refractivity contribution < 1.29 is 9.18 Å². The van der Waals surface area contributed by atoms with Crippen LogP contribution in [0.5, 0.6) is 0 Å². The maximum atomic E-state index is 13.7. The second-order valence-electron chi connectivity index (χ2n) is 4.92. The minimum absolute atomic E-state index is 0.0420. The Morgan fingerprint density at radius 3 is 2.48 bits per heavy atom. The molecule has 0 radical (unpaired) electrons. The van der Waals surface area contributed by atoms with Crippen LogP contribution in [0.15, 0.2) is 29.1 Å². The van der Waals surface area contributed by atoms with E-state index in [1.807, 2.05) is 0 Å². The zero-order valence-electron chi connectivity index (χ0n) is 11.0. The Morgan fingerprint density at radius 2 is 1.74 bits per heavy atom. The molecule has 4 rings (SSSR count). The van der Waals surface area contributed by atoms with Gasteiger partial charge in [-0.3, -0.25) is 14.2 Å². The van der Waals surface area contributed by atoms with Gasteiger partial charge in [-0.2, -0.15) is 0 Å². The lowest BCUT2D eigenvalue weighted by Gasteiger charge is -2.07. The fraction of sp³-hybridized carbons (Fsp3) is 0. The lowest BCUT2D eigenvalue weighted by atomic mass is 10.1. The molecule has 114 valence electrons. The number of ketones is 1. The molecule has 0 bridgehead atoms. The minimum atomic E-state index is -0.739. The van der Waals surface area contributed by atoms with Gasteiger partial charge < -0.3 is 0 Å². The van der Waals surface area contributed by atoms with Crippen LogP contribution < -0.4 is 5.56 Å². The molecule has 0 atom stereocenters. The highest BCUT2D eigenvalue weighted by Crippen LogP contribution is 2.36. The zero-order chi connectivity index (χ0) is 16.5. The number of benzene rings is 2. The lowest BCUT2D eigenvalue weighted by molar-refractivity contribution is 0.103. The molecule has 0 unspecified atom stereocenters. The van der Waals surface area contributed by atoms with Gasteiger partial charge in [-0.25, -0.2) is 9.37 Å². The quantitative estimate of drug-likeness (QED) is 0.470. The monoisotopic (exact) mass is 368 g/mol. The standard InChI is InChI=1S/C15H4Cl3FN2O2/c16-5-1-4-8-10(11(5)17)13(22)14-20-7-3-2-6(19)12(18)9(7)15(23)21(8)14/h1-4H. The minimum Gasteiger partial charge on any atom is -0.285 e. The van der Waals surface area contributed by atoms with Crippen LogP contribution in [0.4, 0.5) is 4.39 Å². The molecule has 2 aromatic carbocycles. The van der Waals surface area contributed by atoms with E-state index in [0.717, 1.165) is 10.6 Å². The Morgan fingerprint density at radius 1 is 1.00 bits per heavy atom. The second-order valence-corrected chi connectivity index (χ2v) is 6.08. The molecule has 4 nitrogen and oxygen atoms in total. The van der Waals surface area contributed by atoms with Crippen molar-refractivity contribution in [3.8, 4) is 5.69 Å². The summed E-state index contributed by atoms with van der Waals surface area (Å²) < 4.78 is 14.7. The molecule has 0 fully saturated rings. The van der Waals surface area contributed by atoms with Crippen molar-refractivity contribution >= 4 is 51.5 Å². The van der Waals surface area contributed by atoms with E-state index in [1.54, 1.807) is 0 Å². The van der Waals surface area contributed by atoms with Gasteiger partial charge in [0.05, 0.1) is 37.2 Å². The molecular weight excluding hydrogens is 366 g/mol. The summed E-state index contributed by atoms with van der Waals surface area (Å²) >= 11 is 17.9. The first-order valence-electron chi connectivity index (χ1n) is 6.35. The van der Waals surface area contributed by atoms with E-state index < -0.39 is 17.2 Å². The van der Waals surface area contributed by atoms with Crippen molar-refractivity contribution in [2.75, 3.05) is 0 Å². The van der Waals surface area contributed by atoms with Gasteiger partial charge in [-0.1, -0.05) is 34.8 Å². The highest BCUT2D eigenvalue weighted by molar-refractivity contribution is 6.45. The Bertz CT molecular complexity index is 1110. The van der Waals surface area contributed by atoms with Crippen LogP contribution in [0.3, 0.4) is 0 Å². The number of aromatic nitrogens is 2. The van der Waals surface area contributed by atoms with Gasteiger partial charge in [-0.15, -0.1) is 0 Å². The first-order chi connectivity index (χ1) is 10.9. The Hall–Kier alpha value is -1.95. The molecule has 1 aliphatic heterocycles. The van der Waals surface area contributed by atoms with Crippen molar-refractivity contribution in [1.82, 2.24) is 9.55 Å². The van der Waals surface area contributed by atoms with Crippen LogP contribution in [-0.2, 0) is 0 Å². The van der Waals surface area contributed by atoms with E-state index in [-0.39, 0.29) is 43.0 Å². The topological polar surface area (TPSA) is 52.0 Å². The predicted octanol–water partition coefficient (Wildman–Crippen LogP) is 4.03. The number of nitrogens with zero attached hydrogens (tertiary/aromatic N) is 2. The number of carbonyl (C=O) groups excluding carboxylic acids is 1. The number of carbonyl (C=O) groups is 1. The number of fused-ring (bicyclic) bond motifs is 4. The van der Waals surface area contributed by atoms with Crippen molar-refractivity contribution in [3.63, 3.8) is 0 Å². The van der Waals surface area contributed by atoms with Crippen LogP contribution in [0.1, 0.15) is 16.2 Å². The van der Waals surface area contributed by atoms with E-state index in [4.69, 9.17) is 34.8 Å². The van der Waals surface area contributed by atoms with Gasteiger partial charge in [0.25, 0.3) is 5.56 Å². The highest BCUT2D eigenvalue weighted by atomic mass is 35.5. The summed E-state index contributed by atoms with van der Waals surface area (Å²) in [6, 6.07) is 5.34. The predicted molar refractivity (Wildman–Crippen MR) is 85.8 cm³/mol. The van der Waals surface area contributed by atoms with Crippen molar-refractivity contribution in [2.45, 2.75) is 0 Å². The maximum Gasteiger partial charge on any atom is 0.267 e. The first kappa shape index (κ1) is 14.6. The van der Waals surface area contributed by atoms with Gasteiger partial charge in [0.2, 0.25) is 5.78 Å². The normalized spacial score (nSPS) is 12.6. The van der Waals surface area contributed by atoms with Crippen LogP contribution in [-0.4, -0.2) is 15.3 Å².